The molecule has 0 aromatic heterocycles. The number of nitrogens with zero attached hydrogens (tertiary/aromatic N) is 1. The van der Waals surface area contributed by atoms with Gasteiger partial charge in [-0.05, 0) is 57.5 Å². The van der Waals surface area contributed by atoms with Crippen LogP contribution in [-0.4, -0.2) is 45.4 Å². The van der Waals surface area contributed by atoms with E-state index in [1.807, 2.05) is 26.2 Å². The van der Waals surface area contributed by atoms with Crippen molar-refractivity contribution in [3.05, 3.63) is 29.8 Å². The minimum atomic E-state index is -3.44. The van der Waals surface area contributed by atoms with Crippen molar-refractivity contribution >= 4 is 21.6 Å². The smallest absolute Gasteiger partial charge is 0.240 e. The largest absolute Gasteiger partial charge is 0.302 e. The third kappa shape index (κ3) is 3.77. The van der Waals surface area contributed by atoms with Crippen LogP contribution in [0.25, 0.3) is 0 Å². The Bertz CT molecular complexity index is 566. The summed E-state index contributed by atoms with van der Waals surface area (Å²) < 4.78 is 27.5. The van der Waals surface area contributed by atoms with Gasteiger partial charge in [-0.3, -0.25) is 0 Å². The zero-order chi connectivity index (χ0) is 15.5. The summed E-state index contributed by atoms with van der Waals surface area (Å²) in [4.78, 5) is 2.44. The standard InChI is InChI=1S/C15H23ClN2O2S/c1-18(2)15(9-3-10-15)12-17-21(19,20)14-6-4-13(5-7-14)8-11-16/h4-7,17H,3,8-12H2,1-2H3. The molecule has 0 spiro atoms. The third-order valence-electron chi connectivity index (χ3n) is 4.44. The molecule has 1 saturated carbocycles. The van der Waals surface area contributed by atoms with Gasteiger partial charge in [-0.25, -0.2) is 13.1 Å². The molecule has 4 nitrogen and oxygen atoms in total. The number of likely N-dealkylation sites (N-methyl/N-ethyl adjacent to an activating group) is 1. The number of hydrogen-bond donors (Lipinski definition) is 1. The van der Waals surface area contributed by atoms with E-state index >= 15 is 0 Å². The number of hydrogen-bond acceptors (Lipinski definition) is 3. The highest BCUT2D eigenvalue weighted by molar-refractivity contribution is 7.89. The van der Waals surface area contributed by atoms with E-state index in [9.17, 15) is 8.42 Å². The maximum absolute atomic E-state index is 12.4. The number of alkyl halides is 1. The predicted octanol–water partition coefficient (Wildman–Crippen LogP) is 2.23. The van der Waals surface area contributed by atoms with Gasteiger partial charge in [0, 0.05) is 18.0 Å². The Morgan fingerprint density at radius 2 is 1.86 bits per heavy atom. The summed E-state index contributed by atoms with van der Waals surface area (Å²) in [6, 6.07) is 6.94. The number of benzene rings is 1. The number of sulfonamides is 1. The zero-order valence-corrected chi connectivity index (χ0v) is 14.2. The predicted molar refractivity (Wildman–Crippen MR) is 86.3 cm³/mol. The minimum Gasteiger partial charge on any atom is -0.302 e. The van der Waals surface area contributed by atoms with E-state index in [4.69, 9.17) is 11.6 Å². The molecule has 0 bridgehead atoms. The first-order valence-corrected chi connectivity index (χ1v) is 9.23. The summed E-state index contributed by atoms with van der Waals surface area (Å²) in [7, 11) is 0.572. The van der Waals surface area contributed by atoms with Gasteiger partial charge >= 0.3 is 0 Å². The van der Waals surface area contributed by atoms with E-state index in [1.54, 1.807) is 12.1 Å². The molecular weight excluding hydrogens is 308 g/mol. The van der Waals surface area contributed by atoms with E-state index in [2.05, 4.69) is 9.62 Å². The van der Waals surface area contributed by atoms with Crippen molar-refractivity contribution < 1.29 is 8.42 Å². The van der Waals surface area contributed by atoms with Gasteiger partial charge < -0.3 is 4.90 Å². The molecule has 1 fully saturated rings. The first kappa shape index (κ1) is 16.7. The number of rotatable bonds is 7. The number of aryl methyl sites for hydroxylation is 1. The lowest BCUT2D eigenvalue weighted by atomic mass is 9.76. The molecule has 1 N–H and O–H groups in total. The molecular formula is C15H23ClN2O2S. The topological polar surface area (TPSA) is 49.4 Å². The summed E-state index contributed by atoms with van der Waals surface area (Å²) in [6.07, 6.45) is 3.99. The first-order valence-electron chi connectivity index (χ1n) is 7.22. The van der Waals surface area contributed by atoms with Crippen LogP contribution in [-0.2, 0) is 16.4 Å². The highest BCUT2D eigenvalue weighted by atomic mass is 35.5. The van der Waals surface area contributed by atoms with Crippen molar-refractivity contribution in [2.24, 2.45) is 0 Å². The molecule has 2 rings (SSSR count). The maximum Gasteiger partial charge on any atom is 0.240 e. The molecule has 1 aliphatic carbocycles. The Morgan fingerprint density at radius 1 is 1.24 bits per heavy atom. The fourth-order valence-electron chi connectivity index (χ4n) is 2.62. The number of halogens is 1. The van der Waals surface area contributed by atoms with Crippen LogP contribution >= 0.6 is 11.6 Å². The maximum atomic E-state index is 12.4. The lowest BCUT2D eigenvalue weighted by molar-refractivity contribution is 0.0657. The molecule has 0 aliphatic heterocycles. The van der Waals surface area contributed by atoms with E-state index in [0.717, 1.165) is 31.2 Å². The van der Waals surface area contributed by atoms with E-state index in [0.29, 0.717) is 17.3 Å². The fourth-order valence-corrected chi connectivity index (χ4v) is 3.96. The highest BCUT2D eigenvalue weighted by Gasteiger charge is 2.39. The molecule has 0 heterocycles. The van der Waals surface area contributed by atoms with Gasteiger partial charge in [0.25, 0.3) is 0 Å². The molecule has 0 amide bonds. The van der Waals surface area contributed by atoms with Crippen molar-refractivity contribution in [1.82, 2.24) is 9.62 Å². The summed E-state index contributed by atoms with van der Waals surface area (Å²) in [5.74, 6) is 0.537. The molecule has 21 heavy (non-hydrogen) atoms. The van der Waals surface area contributed by atoms with Crippen LogP contribution in [0.4, 0.5) is 0 Å². The summed E-state index contributed by atoms with van der Waals surface area (Å²) in [5, 5.41) is 0. The Hall–Kier alpha value is -0.620. The van der Waals surface area contributed by atoms with E-state index < -0.39 is 10.0 Å². The zero-order valence-electron chi connectivity index (χ0n) is 12.6. The van der Waals surface area contributed by atoms with Gasteiger partial charge in [0.1, 0.15) is 0 Å². The summed E-state index contributed by atoms with van der Waals surface area (Å²) >= 11 is 5.68. The molecule has 1 aromatic rings. The van der Waals surface area contributed by atoms with Crippen LogP contribution in [0.2, 0.25) is 0 Å². The van der Waals surface area contributed by atoms with Crippen molar-refractivity contribution in [3.63, 3.8) is 0 Å². The summed E-state index contributed by atoms with van der Waals surface area (Å²) in [5.41, 5.74) is 1.03. The highest BCUT2D eigenvalue weighted by Crippen LogP contribution is 2.35. The lowest BCUT2D eigenvalue weighted by Gasteiger charge is -2.47. The second-order valence-corrected chi connectivity index (χ2v) is 8.02. The molecule has 0 atom stereocenters. The Morgan fingerprint density at radius 3 is 2.29 bits per heavy atom. The molecule has 0 radical (unpaired) electrons. The van der Waals surface area contributed by atoms with Gasteiger partial charge in [0.05, 0.1) is 4.90 Å². The normalized spacial score (nSPS) is 17.7. The van der Waals surface area contributed by atoms with Crippen LogP contribution in [0.15, 0.2) is 29.2 Å². The number of nitrogens with one attached hydrogen (secondary N) is 1. The average Bonchev–Trinajstić information content (AvgIpc) is 2.38. The van der Waals surface area contributed by atoms with Crippen LogP contribution in [0, 0.1) is 0 Å². The van der Waals surface area contributed by atoms with Gasteiger partial charge in [-0.15, -0.1) is 11.6 Å². The Labute approximate surface area is 132 Å². The SMILES string of the molecule is CN(C)C1(CNS(=O)(=O)c2ccc(CCCl)cc2)CCC1. The third-order valence-corrected chi connectivity index (χ3v) is 6.05. The van der Waals surface area contributed by atoms with Crippen LogP contribution in [0.3, 0.4) is 0 Å². The van der Waals surface area contributed by atoms with Crippen molar-refractivity contribution in [2.75, 3.05) is 26.5 Å². The molecule has 1 aromatic carbocycles. The fraction of sp³-hybridized carbons (Fsp3) is 0.600. The van der Waals surface area contributed by atoms with Gasteiger partial charge in [-0.1, -0.05) is 12.1 Å². The van der Waals surface area contributed by atoms with Crippen LogP contribution in [0.5, 0.6) is 0 Å². The van der Waals surface area contributed by atoms with E-state index in [1.165, 1.54) is 0 Å². The van der Waals surface area contributed by atoms with Crippen molar-refractivity contribution in [3.8, 4) is 0 Å². The first-order chi connectivity index (χ1) is 9.89. The quantitative estimate of drug-likeness (QED) is 0.780. The van der Waals surface area contributed by atoms with Crippen molar-refractivity contribution in [1.29, 1.82) is 0 Å². The Balaban J connectivity index is 2.04. The minimum absolute atomic E-state index is 0.0222. The van der Waals surface area contributed by atoms with E-state index in [-0.39, 0.29) is 5.54 Å². The van der Waals surface area contributed by atoms with Gasteiger partial charge in [0.15, 0.2) is 0 Å². The Kier molecular flexibility index (Phi) is 5.30. The molecule has 6 heteroatoms. The van der Waals surface area contributed by atoms with Gasteiger partial charge in [-0.2, -0.15) is 0 Å². The second-order valence-electron chi connectivity index (χ2n) is 5.88. The monoisotopic (exact) mass is 330 g/mol. The van der Waals surface area contributed by atoms with Crippen LogP contribution < -0.4 is 4.72 Å². The lowest BCUT2D eigenvalue weighted by Crippen LogP contribution is -2.57. The van der Waals surface area contributed by atoms with Crippen molar-refractivity contribution in [2.45, 2.75) is 36.1 Å². The molecule has 0 unspecified atom stereocenters. The molecule has 1 aliphatic rings. The second kappa shape index (κ2) is 6.65. The molecule has 118 valence electrons. The molecule has 0 saturated heterocycles. The van der Waals surface area contributed by atoms with Crippen LogP contribution in [0.1, 0.15) is 24.8 Å². The average molecular weight is 331 g/mol. The van der Waals surface area contributed by atoms with Gasteiger partial charge in [0.2, 0.25) is 10.0 Å². The summed E-state index contributed by atoms with van der Waals surface area (Å²) in [6.45, 7) is 0.464.